The highest BCUT2D eigenvalue weighted by molar-refractivity contribution is 7.10. The molecule has 4 heteroatoms. The molecule has 128 valence electrons. The normalized spacial score (nSPS) is 12.1. The van der Waals surface area contributed by atoms with Crippen molar-refractivity contribution in [1.29, 1.82) is 0 Å². The lowest BCUT2D eigenvalue weighted by atomic mass is 9.90. The van der Waals surface area contributed by atoms with E-state index in [1.165, 1.54) is 11.3 Å². The van der Waals surface area contributed by atoms with Gasteiger partial charge in [0.1, 0.15) is 6.10 Å². The lowest BCUT2D eigenvalue weighted by Gasteiger charge is -2.19. The summed E-state index contributed by atoms with van der Waals surface area (Å²) in [5, 5.41) is 15.2. The van der Waals surface area contributed by atoms with Crippen LogP contribution in [0.15, 0.2) is 72.1 Å². The molecule has 2 aromatic carbocycles. The van der Waals surface area contributed by atoms with E-state index in [9.17, 15) is 9.90 Å². The number of carbonyl (C=O) groups is 1. The fourth-order valence-electron chi connectivity index (χ4n) is 2.90. The fourth-order valence-corrected chi connectivity index (χ4v) is 3.82. The van der Waals surface area contributed by atoms with Gasteiger partial charge in [0.2, 0.25) is 5.91 Å². The van der Waals surface area contributed by atoms with Crippen LogP contribution in [0.3, 0.4) is 0 Å². The summed E-state index contributed by atoms with van der Waals surface area (Å²) in [4.78, 5) is 13.8. The Morgan fingerprint density at radius 3 is 2.04 bits per heavy atom. The van der Waals surface area contributed by atoms with E-state index in [2.05, 4.69) is 5.32 Å². The van der Waals surface area contributed by atoms with Gasteiger partial charge in [-0.2, -0.15) is 0 Å². The van der Waals surface area contributed by atoms with Crippen molar-refractivity contribution < 1.29 is 9.90 Å². The molecule has 0 fully saturated rings. The van der Waals surface area contributed by atoms with Crippen LogP contribution in [-0.2, 0) is 4.79 Å². The zero-order valence-electron chi connectivity index (χ0n) is 14.1. The predicted molar refractivity (Wildman–Crippen MR) is 102 cm³/mol. The van der Waals surface area contributed by atoms with Crippen LogP contribution in [0.5, 0.6) is 0 Å². The van der Waals surface area contributed by atoms with Crippen molar-refractivity contribution >= 4 is 17.2 Å². The monoisotopic (exact) mass is 351 g/mol. The van der Waals surface area contributed by atoms with E-state index < -0.39 is 6.10 Å². The molecule has 0 bridgehead atoms. The standard InChI is InChI=1S/C21H21NO2S/c1-15-12-13-25-20(15)18(23)14-22-21(24)19(16-8-4-2-5-9-16)17-10-6-3-7-11-17/h2-13,18-19,23H,14H2,1H3,(H,22,24)/t18-/m0/s1. The van der Waals surface area contributed by atoms with Gasteiger partial charge in [-0.1, -0.05) is 60.7 Å². The van der Waals surface area contributed by atoms with Crippen LogP contribution in [0.4, 0.5) is 0 Å². The number of carbonyl (C=O) groups excluding carboxylic acids is 1. The van der Waals surface area contributed by atoms with E-state index in [1.807, 2.05) is 79.0 Å². The minimum absolute atomic E-state index is 0.106. The Labute approximate surface area is 152 Å². The van der Waals surface area contributed by atoms with Crippen molar-refractivity contribution in [1.82, 2.24) is 5.32 Å². The number of aryl methyl sites for hydroxylation is 1. The molecule has 25 heavy (non-hydrogen) atoms. The summed E-state index contributed by atoms with van der Waals surface area (Å²) in [5.74, 6) is -0.496. The molecule has 0 saturated heterocycles. The van der Waals surface area contributed by atoms with Crippen molar-refractivity contribution in [2.45, 2.75) is 18.9 Å². The molecule has 3 aromatic rings. The maximum atomic E-state index is 12.9. The van der Waals surface area contributed by atoms with Gasteiger partial charge in [0.05, 0.1) is 5.92 Å². The van der Waals surface area contributed by atoms with Crippen molar-refractivity contribution in [2.24, 2.45) is 0 Å². The van der Waals surface area contributed by atoms with Gasteiger partial charge >= 0.3 is 0 Å². The average Bonchev–Trinajstić information content (AvgIpc) is 3.08. The molecule has 3 rings (SSSR count). The zero-order valence-corrected chi connectivity index (χ0v) is 14.9. The van der Waals surface area contributed by atoms with E-state index >= 15 is 0 Å². The highest BCUT2D eigenvalue weighted by Crippen LogP contribution is 2.26. The minimum atomic E-state index is -0.684. The first kappa shape index (κ1) is 17.4. The van der Waals surface area contributed by atoms with Gasteiger partial charge in [-0.15, -0.1) is 11.3 Å². The van der Waals surface area contributed by atoms with E-state index in [0.717, 1.165) is 21.6 Å². The van der Waals surface area contributed by atoms with E-state index in [0.29, 0.717) is 0 Å². The summed E-state index contributed by atoms with van der Waals surface area (Å²) in [7, 11) is 0. The molecule has 1 amide bonds. The first-order valence-corrected chi connectivity index (χ1v) is 9.14. The first-order valence-electron chi connectivity index (χ1n) is 8.26. The molecular weight excluding hydrogens is 330 g/mol. The molecule has 0 saturated carbocycles. The summed E-state index contributed by atoms with van der Waals surface area (Å²) in [5.41, 5.74) is 2.93. The van der Waals surface area contributed by atoms with Crippen LogP contribution in [0.25, 0.3) is 0 Å². The summed E-state index contributed by atoms with van der Waals surface area (Å²) in [6.45, 7) is 2.17. The Bertz CT molecular complexity index is 775. The molecule has 0 spiro atoms. The van der Waals surface area contributed by atoms with Gasteiger partial charge < -0.3 is 10.4 Å². The fraction of sp³-hybridized carbons (Fsp3) is 0.190. The summed E-state index contributed by atoms with van der Waals surface area (Å²) < 4.78 is 0. The molecule has 1 aromatic heterocycles. The summed E-state index contributed by atoms with van der Waals surface area (Å²) >= 11 is 1.51. The quantitative estimate of drug-likeness (QED) is 0.704. The van der Waals surface area contributed by atoms with E-state index in [1.54, 1.807) is 0 Å². The second-order valence-corrected chi connectivity index (χ2v) is 6.93. The molecule has 3 nitrogen and oxygen atoms in total. The highest BCUT2D eigenvalue weighted by Gasteiger charge is 2.23. The summed E-state index contributed by atoms with van der Waals surface area (Å²) in [6, 6.07) is 21.4. The van der Waals surface area contributed by atoms with Crippen LogP contribution >= 0.6 is 11.3 Å². The van der Waals surface area contributed by atoms with Gasteiger partial charge in [0, 0.05) is 11.4 Å². The van der Waals surface area contributed by atoms with Crippen LogP contribution in [0, 0.1) is 6.92 Å². The number of thiophene rings is 1. The highest BCUT2D eigenvalue weighted by atomic mass is 32.1. The lowest BCUT2D eigenvalue weighted by Crippen LogP contribution is -2.33. The number of nitrogens with one attached hydrogen (secondary N) is 1. The molecule has 2 N–H and O–H groups in total. The Balaban J connectivity index is 1.77. The summed E-state index contributed by atoms with van der Waals surface area (Å²) in [6.07, 6.45) is -0.684. The Morgan fingerprint density at radius 2 is 1.56 bits per heavy atom. The van der Waals surface area contributed by atoms with Crippen LogP contribution in [-0.4, -0.2) is 17.6 Å². The second kappa shape index (κ2) is 8.10. The molecule has 1 atom stereocenters. The molecular formula is C21H21NO2S. The molecule has 1 heterocycles. The van der Waals surface area contributed by atoms with Crippen LogP contribution < -0.4 is 5.32 Å². The van der Waals surface area contributed by atoms with Crippen molar-refractivity contribution in [2.75, 3.05) is 6.54 Å². The lowest BCUT2D eigenvalue weighted by molar-refractivity contribution is -0.122. The molecule has 0 aliphatic rings. The number of aliphatic hydroxyl groups excluding tert-OH is 1. The number of hydrogen-bond donors (Lipinski definition) is 2. The maximum absolute atomic E-state index is 12.9. The second-order valence-electron chi connectivity index (χ2n) is 5.98. The third-order valence-corrected chi connectivity index (χ3v) is 5.32. The number of rotatable bonds is 6. The average molecular weight is 351 g/mol. The van der Waals surface area contributed by atoms with Crippen LogP contribution in [0.1, 0.15) is 33.6 Å². The third kappa shape index (κ3) is 4.16. The topological polar surface area (TPSA) is 49.3 Å². The van der Waals surface area contributed by atoms with Crippen molar-refractivity contribution in [3.05, 3.63) is 93.7 Å². The van der Waals surface area contributed by atoms with Crippen molar-refractivity contribution in [3.8, 4) is 0 Å². The molecule has 0 unspecified atom stereocenters. The Kier molecular flexibility index (Phi) is 5.64. The largest absolute Gasteiger partial charge is 0.386 e. The number of aliphatic hydroxyl groups is 1. The van der Waals surface area contributed by atoms with E-state index in [4.69, 9.17) is 0 Å². The smallest absolute Gasteiger partial charge is 0.232 e. The molecule has 0 aliphatic carbocycles. The first-order chi connectivity index (χ1) is 12.2. The minimum Gasteiger partial charge on any atom is -0.386 e. The number of amides is 1. The molecule has 0 radical (unpaired) electrons. The Hall–Kier alpha value is -2.43. The predicted octanol–water partition coefficient (Wildman–Crippen LogP) is 4.04. The van der Waals surface area contributed by atoms with Gasteiger partial charge in [-0.25, -0.2) is 0 Å². The zero-order chi connectivity index (χ0) is 17.6. The third-order valence-electron chi connectivity index (χ3n) is 4.20. The Morgan fingerprint density at radius 1 is 1.00 bits per heavy atom. The number of hydrogen-bond acceptors (Lipinski definition) is 3. The van der Waals surface area contributed by atoms with Crippen LogP contribution in [0.2, 0.25) is 0 Å². The number of benzene rings is 2. The van der Waals surface area contributed by atoms with Gasteiger partial charge in [0.25, 0.3) is 0 Å². The molecule has 0 aliphatic heterocycles. The van der Waals surface area contributed by atoms with Gasteiger partial charge in [-0.05, 0) is 35.1 Å². The van der Waals surface area contributed by atoms with E-state index in [-0.39, 0.29) is 18.4 Å². The van der Waals surface area contributed by atoms with Gasteiger partial charge in [0.15, 0.2) is 0 Å². The maximum Gasteiger partial charge on any atom is 0.232 e. The SMILES string of the molecule is Cc1ccsc1[C@@H](O)CNC(=O)C(c1ccccc1)c1ccccc1. The van der Waals surface area contributed by atoms with Gasteiger partial charge in [-0.3, -0.25) is 4.79 Å². The van der Waals surface area contributed by atoms with Crippen molar-refractivity contribution in [3.63, 3.8) is 0 Å².